The fraction of sp³-hybridized carbons (Fsp3) is 0.333. The molecule has 0 unspecified atom stereocenters. The molecule has 0 bridgehead atoms. The van der Waals surface area contributed by atoms with Crippen LogP contribution in [0.15, 0.2) is 35.9 Å². The summed E-state index contributed by atoms with van der Waals surface area (Å²) in [5, 5.41) is 9.16. The molecule has 0 aliphatic carbocycles. The summed E-state index contributed by atoms with van der Waals surface area (Å²) in [7, 11) is 2.03. The van der Waals surface area contributed by atoms with Gasteiger partial charge in [-0.2, -0.15) is 5.26 Å². The first kappa shape index (κ1) is 13.3. The zero-order chi connectivity index (χ0) is 13.7. The maximum Gasteiger partial charge on any atom is 0.264 e. The Bertz CT molecular complexity index is 508. The Labute approximate surface area is 113 Å². The molecule has 0 N–H and O–H groups in total. The number of carbonyl (C=O) groups is 1. The van der Waals surface area contributed by atoms with Crippen LogP contribution in [0.1, 0.15) is 5.56 Å². The molecule has 1 saturated heterocycles. The zero-order valence-corrected chi connectivity index (χ0v) is 11.0. The highest BCUT2D eigenvalue weighted by molar-refractivity contribution is 6.01. The zero-order valence-electron chi connectivity index (χ0n) is 11.0. The smallest absolute Gasteiger partial charge is 0.264 e. The normalized spacial score (nSPS) is 17.1. The molecule has 0 atom stereocenters. The summed E-state index contributed by atoms with van der Waals surface area (Å²) in [5.74, 6) is -0.167. The SMILES string of the molecule is CN1CCN(C(=O)/C(C#N)=C/c2ccccc2)CC1. The maximum absolute atomic E-state index is 12.3. The number of carbonyl (C=O) groups excluding carboxylic acids is 1. The summed E-state index contributed by atoms with van der Waals surface area (Å²) in [6.45, 7) is 3.08. The molecule has 1 amide bonds. The number of nitrogens with zero attached hydrogens (tertiary/aromatic N) is 3. The van der Waals surface area contributed by atoms with Crippen LogP contribution in [0.25, 0.3) is 6.08 Å². The summed E-state index contributed by atoms with van der Waals surface area (Å²) in [4.78, 5) is 16.2. The van der Waals surface area contributed by atoms with Crippen molar-refractivity contribution in [1.29, 1.82) is 5.26 Å². The molecule has 0 spiro atoms. The molecule has 0 saturated carbocycles. The first-order chi connectivity index (χ1) is 9.20. The molecule has 19 heavy (non-hydrogen) atoms. The third-order valence-corrected chi connectivity index (χ3v) is 3.25. The topological polar surface area (TPSA) is 47.3 Å². The van der Waals surface area contributed by atoms with E-state index in [9.17, 15) is 4.79 Å². The van der Waals surface area contributed by atoms with E-state index in [1.165, 1.54) is 0 Å². The predicted octanol–water partition coefficient (Wildman–Crippen LogP) is 1.37. The van der Waals surface area contributed by atoms with E-state index >= 15 is 0 Å². The van der Waals surface area contributed by atoms with E-state index < -0.39 is 0 Å². The molecule has 4 heteroatoms. The lowest BCUT2D eigenvalue weighted by Gasteiger charge is -2.32. The highest BCUT2D eigenvalue weighted by Gasteiger charge is 2.21. The molecule has 1 aromatic carbocycles. The van der Waals surface area contributed by atoms with Gasteiger partial charge in [0.2, 0.25) is 0 Å². The average Bonchev–Trinajstić information content (AvgIpc) is 2.46. The molecule has 4 nitrogen and oxygen atoms in total. The van der Waals surface area contributed by atoms with Crippen LogP contribution in [0, 0.1) is 11.3 Å². The highest BCUT2D eigenvalue weighted by atomic mass is 16.2. The van der Waals surface area contributed by atoms with Crippen molar-refractivity contribution in [2.45, 2.75) is 0 Å². The van der Waals surface area contributed by atoms with Crippen LogP contribution in [0.2, 0.25) is 0 Å². The number of benzene rings is 1. The van der Waals surface area contributed by atoms with Crippen molar-refractivity contribution in [2.24, 2.45) is 0 Å². The van der Waals surface area contributed by atoms with Gasteiger partial charge in [-0.3, -0.25) is 4.79 Å². The van der Waals surface area contributed by atoms with Crippen LogP contribution < -0.4 is 0 Å². The second-order valence-electron chi connectivity index (χ2n) is 4.68. The highest BCUT2D eigenvalue weighted by Crippen LogP contribution is 2.10. The van der Waals surface area contributed by atoms with E-state index in [4.69, 9.17) is 5.26 Å². The number of amides is 1. The van der Waals surface area contributed by atoms with Gasteiger partial charge in [0.1, 0.15) is 11.6 Å². The Morgan fingerprint density at radius 1 is 1.21 bits per heavy atom. The summed E-state index contributed by atoms with van der Waals surface area (Å²) in [6, 6.07) is 11.5. The molecule has 0 aromatic heterocycles. The Morgan fingerprint density at radius 2 is 1.84 bits per heavy atom. The van der Waals surface area contributed by atoms with Gasteiger partial charge in [-0.05, 0) is 18.7 Å². The summed E-state index contributed by atoms with van der Waals surface area (Å²) < 4.78 is 0. The predicted molar refractivity (Wildman–Crippen MR) is 74.1 cm³/mol. The minimum atomic E-state index is -0.167. The quantitative estimate of drug-likeness (QED) is 0.592. The third-order valence-electron chi connectivity index (χ3n) is 3.25. The minimum absolute atomic E-state index is 0.167. The van der Waals surface area contributed by atoms with E-state index in [0.717, 1.165) is 18.7 Å². The van der Waals surface area contributed by atoms with Gasteiger partial charge in [-0.25, -0.2) is 0 Å². The van der Waals surface area contributed by atoms with Crippen LogP contribution in [0.4, 0.5) is 0 Å². The van der Waals surface area contributed by atoms with Crippen molar-refractivity contribution in [3.8, 4) is 6.07 Å². The van der Waals surface area contributed by atoms with Crippen LogP contribution in [-0.4, -0.2) is 48.9 Å². The van der Waals surface area contributed by atoms with Gasteiger partial charge in [-0.15, -0.1) is 0 Å². The Balaban J connectivity index is 2.12. The average molecular weight is 255 g/mol. The van der Waals surface area contributed by atoms with E-state index in [1.54, 1.807) is 11.0 Å². The lowest BCUT2D eigenvalue weighted by atomic mass is 10.1. The second-order valence-corrected chi connectivity index (χ2v) is 4.68. The van der Waals surface area contributed by atoms with Crippen LogP contribution in [0.3, 0.4) is 0 Å². The Morgan fingerprint density at radius 3 is 2.42 bits per heavy atom. The number of rotatable bonds is 2. The second kappa shape index (κ2) is 6.17. The lowest BCUT2D eigenvalue weighted by molar-refractivity contribution is -0.128. The number of likely N-dealkylation sites (N-methyl/N-ethyl adjacent to an activating group) is 1. The van der Waals surface area contributed by atoms with Gasteiger partial charge in [0.25, 0.3) is 5.91 Å². The van der Waals surface area contributed by atoms with E-state index in [-0.39, 0.29) is 11.5 Å². The van der Waals surface area contributed by atoms with E-state index in [0.29, 0.717) is 13.1 Å². The van der Waals surface area contributed by atoms with Crippen LogP contribution >= 0.6 is 0 Å². The maximum atomic E-state index is 12.3. The van der Waals surface area contributed by atoms with Crippen molar-refractivity contribution in [1.82, 2.24) is 9.80 Å². The number of hydrogen-bond donors (Lipinski definition) is 0. The molecule has 1 aliphatic heterocycles. The fourth-order valence-electron chi connectivity index (χ4n) is 2.04. The molecule has 98 valence electrons. The molecule has 2 rings (SSSR count). The fourth-order valence-corrected chi connectivity index (χ4v) is 2.04. The molecule has 0 radical (unpaired) electrons. The van der Waals surface area contributed by atoms with Gasteiger partial charge in [0, 0.05) is 26.2 Å². The minimum Gasteiger partial charge on any atom is -0.335 e. The van der Waals surface area contributed by atoms with Crippen molar-refractivity contribution in [3.05, 3.63) is 41.5 Å². The van der Waals surface area contributed by atoms with E-state index in [1.807, 2.05) is 43.4 Å². The number of nitriles is 1. The van der Waals surface area contributed by atoms with Gasteiger partial charge in [0.15, 0.2) is 0 Å². The Hall–Kier alpha value is -2.12. The van der Waals surface area contributed by atoms with Crippen molar-refractivity contribution >= 4 is 12.0 Å². The Kier molecular flexibility index (Phi) is 4.32. The van der Waals surface area contributed by atoms with Gasteiger partial charge in [-0.1, -0.05) is 30.3 Å². The van der Waals surface area contributed by atoms with Crippen molar-refractivity contribution in [3.63, 3.8) is 0 Å². The summed E-state index contributed by atoms with van der Waals surface area (Å²) in [6.07, 6.45) is 1.65. The third kappa shape index (κ3) is 3.43. The van der Waals surface area contributed by atoms with Crippen molar-refractivity contribution < 1.29 is 4.79 Å². The first-order valence-electron chi connectivity index (χ1n) is 6.35. The van der Waals surface area contributed by atoms with Crippen molar-refractivity contribution in [2.75, 3.05) is 33.2 Å². The van der Waals surface area contributed by atoms with Crippen LogP contribution in [0.5, 0.6) is 0 Å². The van der Waals surface area contributed by atoms with E-state index in [2.05, 4.69) is 4.90 Å². The first-order valence-corrected chi connectivity index (χ1v) is 6.35. The number of piperazine rings is 1. The molecular formula is C15H17N3O. The monoisotopic (exact) mass is 255 g/mol. The molecule has 1 aromatic rings. The number of hydrogen-bond acceptors (Lipinski definition) is 3. The van der Waals surface area contributed by atoms with Gasteiger partial charge in [0.05, 0.1) is 0 Å². The molecule has 1 aliphatic rings. The van der Waals surface area contributed by atoms with Gasteiger partial charge >= 0.3 is 0 Å². The van der Waals surface area contributed by atoms with Crippen LogP contribution in [-0.2, 0) is 4.79 Å². The molecule has 1 fully saturated rings. The molecular weight excluding hydrogens is 238 g/mol. The molecule has 1 heterocycles. The van der Waals surface area contributed by atoms with Gasteiger partial charge < -0.3 is 9.80 Å². The summed E-state index contributed by atoms with van der Waals surface area (Å²) >= 11 is 0. The lowest BCUT2D eigenvalue weighted by Crippen LogP contribution is -2.47. The summed E-state index contributed by atoms with van der Waals surface area (Å²) in [5.41, 5.74) is 1.08. The standard InChI is InChI=1S/C15H17N3O/c1-17-7-9-18(10-8-17)15(19)14(12-16)11-13-5-3-2-4-6-13/h2-6,11H,7-10H2,1H3/b14-11+. The largest absolute Gasteiger partial charge is 0.335 e.